The van der Waals surface area contributed by atoms with Crippen LogP contribution in [0.3, 0.4) is 0 Å². The van der Waals surface area contributed by atoms with Crippen molar-refractivity contribution in [2.45, 2.75) is 13.1 Å². The van der Waals surface area contributed by atoms with Crippen LogP contribution in [0.25, 0.3) is 10.8 Å². The molecule has 226 valence electrons. The van der Waals surface area contributed by atoms with Crippen LogP contribution in [0.1, 0.15) is 16.7 Å². The average molecular weight is 612 g/mol. The van der Waals surface area contributed by atoms with Crippen molar-refractivity contribution in [3.8, 4) is 11.9 Å². The third-order valence-electron chi connectivity index (χ3n) is 7.72. The topological polar surface area (TPSA) is 113 Å². The Morgan fingerprint density at radius 3 is 2.50 bits per heavy atom. The van der Waals surface area contributed by atoms with Crippen molar-refractivity contribution in [3.05, 3.63) is 77.5 Å². The molecule has 2 aliphatic heterocycles. The fraction of sp³-hybridized carbons (Fsp3) is 0.281. The maximum Gasteiger partial charge on any atom is 0.319 e. The Labute approximate surface area is 260 Å². The van der Waals surface area contributed by atoms with Gasteiger partial charge >= 0.3 is 6.01 Å². The first-order valence-electron chi connectivity index (χ1n) is 14.2. The van der Waals surface area contributed by atoms with Crippen LogP contribution >= 0.6 is 12.2 Å². The van der Waals surface area contributed by atoms with Crippen LogP contribution in [-0.2, 0) is 9.53 Å². The van der Waals surface area contributed by atoms with Crippen molar-refractivity contribution in [1.82, 2.24) is 15.3 Å². The predicted octanol–water partition coefficient (Wildman–Crippen LogP) is 3.92. The maximum atomic E-state index is 13.8. The second kappa shape index (κ2) is 12.4. The largest absolute Gasteiger partial charge is 0.480 e. The number of rotatable bonds is 6. The highest BCUT2D eigenvalue weighted by molar-refractivity contribution is 7.80. The first-order chi connectivity index (χ1) is 21.4. The molecule has 3 aromatic carbocycles. The summed E-state index contributed by atoms with van der Waals surface area (Å²) in [5.74, 6) is -0.0125. The highest BCUT2D eigenvalue weighted by atomic mass is 32.1. The van der Waals surface area contributed by atoms with E-state index in [1.807, 2.05) is 43.3 Å². The Morgan fingerprint density at radius 1 is 1.00 bits per heavy atom. The second-order valence-electron chi connectivity index (χ2n) is 10.5. The van der Waals surface area contributed by atoms with Crippen molar-refractivity contribution in [2.75, 3.05) is 62.7 Å². The van der Waals surface area contributed by atoms with E-state index in [9.17, 15) is 4.79 Å². The van der Waals surface area contributed by atoms with Crippen LogP contribution in [0.15, 0.2) is 65.8 Å². The van der Waals surface area contributed by atoms with Gasteiger partial charge in [-0.25, -0.2) is 9.98 Å². The summed E-state index contributed by atoms with van der Waals surface area (Å²) in [6.45, 7) is 5.05. The number of aryl methyl sites for hydroxylation is 1. The zero-order valence-corrected chi connectivity index (χ0v) is 25.8. The molecule has 0 bridgehead atoms. The van der Waals surface area contributed by atoms with Crippen LogP contribution < -0.4 is 29.9 Å². The van der Waals surface area contributed by atoms with Crippen LogP contribution in [0.5, 0.6) is 11.9 Å². The summed E-state index contributed by atoms with van der Waals surface area (Å²) in [7, 11) is 4.72. The number of hydrogen-bond acceptors (Lipinski definition) is 9. The van der Waals surface area contributed by atoms with Crippen molar-refractivity contribution < 1.29 is 19.0 Å². The lowest BCUT2D eigenvalue weighted by molar-refractivity contribution is -0.119. The number of morpholine rings is 1. The number of methoxy groups -OCH3 is 2. The summed E-state index contributed by atoms with van der Waals surface area (Å²) >= 11 is 5.76. The molecule has 1 unspecified atom stereocenters. The summed E-state index contributed by atoms with van der Waals surface area (Å²) in [4.78, 5) is 31.3. The maximum absolute atomic E-state index is 13.8. The number of nitrogens with zero attached hydrogens (tertiary/aromatic N) is 5. The third-order valence-corrected chi connectivity index (χ3v) is 7.94. The summed E-state index contributed by atoms with van der Waals surface area (Å²) in [6, 6.07) is 18.3. The summed E-state index contributed by atoms with van der Waals surface area (Å²) in [6.07, 6.45) is 0.537. The first kappa shape index (κ1) is 29.3. The summed E-state index contributed by atoms with van der Waals surface area (Å²) in [5.41, 5.74) is 5.39. The van der Waals surface area contributed by atoms with E-state index in [2.05, 4.69) is 43.7 Å². The van der Waals surface area contributed by atoms with E-state index in [1.54, 1.807) is 18.1 Å². The quantitative estimate of drug-likeness (QED) is 0.311. The third kappa shape index (κ3) is 5.61. The number of carbonyl (C=O) groups is 1. The normalized spacial score (nSPS) is 16.6. The zero-order chi connectivity index (χ0) is 30.8. The van der Waals surface area contributed by atoms with Gasteiger partial charge in [0.25, 0.3) is 5.91 Å². The molecule has 0 spiro atoms. The Kier molecular flexibility index (Phi) is 8.27. The molecule has 0 saturated carbocycles. The van der Waals surface area contributed by atoms with E-state index < -0.39 is 6.17 Å². The number of thiocarbonyl (C=S) groups is 1. The summed E-state index contributed by atoms with van der Waals surface area (Å²) in [5, 5.41) is 8.83. The van der Waals surface area contributed by atoms with Crippen LogP contribution in [0.4, 0.5) is 17.1 Å². The minimum atomic E-state index is -1.05. The van der Waals surface area contributed by atoms with Gasteiger partial charge in [0.05, 0.1) is 44.4 Å². The number of likely N-dealkylation sites (N-methyl/N-ethyl adjacent to an activating group) is 1. The molecule has 1 saturated heterocycles. The summed E-state index contributed by atoms with van der Waals surface area (Å²) < 4.78 is 16.3. The lowest BCUT2D eigenvalue weighted by Gasteiger charge is -2.30. The van der Waals surface area contributed by atoms with Gasteiger partial charge in [0.2, 0.25) is 12.0 Å². The highest BCUT2D eigenvalue weighted by Gasteiger charge is 2.32. The fourth-order valence-electron chi connectivity index (χ4n) is 5.52. The number of anilines is 3. The second-order valence-corrected chi connectivity index (χ2v) is 10.9. The van der Waals surface area contributed by atoms with Gasteiger partial charge in [-0.15, -0.1) is 0 Å². The molecule has 12 heteroatoms. The SMILES string of the molecule is COc1ncc(C2=NC(NC(=S)Nc3ccc(N4CCOCC4)c4ccccc34)C(=O)N(C)c3ccc(C)cc32)c(OC)n1. The van der Waals surface area contributed by atoms with Gasteiger partial charge in [-0.1, -0.05) is 35.9 Å². The lowest BCUT2D eigenvalue weighted by atomic mass is 10.00. The molecule has 0 aliphatic carbocycles. The van der Waals surface area contributed by atoms with Gasteiger partial charge in [0.15, 0.2) is 5.11 Å². The number of amides is 1. The highest BCUT2D eigenvalue weighted by Crippen LogP contribution is 2.34. The van der Waals surface area contributed by atoms with Gasteiger partial charge in [0.1, 0.15) is 0 Å². The van der Waals surface area contributed by atoms with Gasteiger partial charge < -0.3 is 34.6 Å². The van der Waals surface area contributed by atoms with Crippen LogP contribution in [0.2, 0.25) is 0 Å². The van der Waals surface area contributed by atoms with Gasteiger partial charge in [-0.2, -0.15) is 4.98 Å². The molecular weight excluding hydrogens is 578 g/mol. The van der Waals surface area contributed by atoms with Gasteiger partial charge in [-0.05, 0) is 43.4 Å². The van der Waals surface area contributed by atoms with Crippen molar-refractivity contribution in [2.24, 2.45) is 4.99 Å². The molecule has 6 rings (SSSR count). The number of fused-ring (bicyclic) bond motifs is 2. The van der Waals surface area contributed by atoms with Crippen molar-refractivity contribution in [3.63, 3.8) is 0 Å². The minimum absolute atomic E-state index is 0.157. The predicted molar refractivity (Wildman–Crippen MR) is 175 cm³/mol. The number of ether oxygens (including phenoxy) is 3. The fourth-order valence-corrected chi connectivity index (χ4v) is 5.74. The molecule has 0 radical (unpaired) electrons. The average Bonchev–Trinajstić information content (AvgIpc) is 3.15. The molecule has 1 fully saturated rings. The number of hydrogen-bond donors (Lipinski definition) is 2. The minimum Gasteiger partial charge on any atom is -0.480 e. The molecule has 1 amide bonds. The Hall–Kier alpha value is -4.81. The molecule has 1 aromatic heterocycles. The Morgan fingerprint density at radius 2 is 1.75 bits per heavy atom. The first-order valence-corrected chi connectivity index (χ1v) is 14.6. The van der Waals surface area contributed by atoms with Gasteiger partial charge in [-0.3, -0.25) is 4.79 Å². The number of benzene rings is 3. The van der Waals surface area contributed by atoms with E-state index in [4.69, 9.17) is 31.4 Å². The Balaban J connectivity index is 1.35. The van der Waals surface area contributed by atoms with E-state index in [0.717, 1.165) is 46.4 Å². The number of carbonyl (C=O) groups excluding carboxylic acids is 1. The standard InChI is InChI=1S/C32H33N7O4S/c1-19-9-11-25-22(17-19)27(23-18-33-31(42-4)37-29(23)41-3)35-28(30(40)38(25)2)36-32(44)34-24-10-12-26(39-13-15-43-16-14-39)21-8-6-5-7-20(21)24/h5-12,17-18,28H,13-16H2,1-4H3,(H2,34,36,44). The number of benzodiazepines with no additional fused rings is 1. The van der Waals surface area contributed by atoms with E-state index in [0.29, 0.717) is 30.2 Å². The lowest BCUT2D eigenvalue weighted by Crippen LogP contribution is -2.47. The Bertz CT molecular complexity index is 1770. The molecule has 4 aromatic rings. The molecule has 2 N–H and O–H groups in total. The van der Waals surface area contributed by atoms with E-state index in [-0.39, 0.29) is 22.9 Å². The molecule has 2 aliphatic rings. The number of nitrogens with one attached hydrogen (secondary N) is 2. The van der Waals surface area contributed by atoms with Crippen LogP contribution in [-0.4, -0.2) is 80.4 Å². The molecule has 11 nitrogen and oxygen atoms in total. The molecule has 3 heterocycles. The number of aliphatic imine (C=N–C) groups is 1. The molecular formula is C32H33N7O4S. The molecule has 44 heavy (non-hydrogen) atoms. The van der Waals surface area contributed by atoms with Crippen molar-refractivity contribution in [1.29, 1.82) is 0 Å². The zero-order valence-electron chi connectivity index (χ0n) is 25.0. The smallest absolute Gasteiger partial charge is 0.319 e. The van der Waals surface area contributed by atoms with E-state index in [1.165, 1.54) is 14.2 Å². The van der Waals surface area contributed by atoms with E-state index >= 15 is 0 Å². The number of aromatic nitrogens is 2. The van der Waals surface area contributed by atoms with Crippen LogP contribution in [0, 0.1) is 6.92 Å². The van der Waals surface area contributed by atoms with Gasteiger partial charge in [0, 0.05) is 54.0 Å². The monoisotopic (exact) mass is 611 g/mol. The van der Waals surface area contributed by atoms with Crippen molar-refractivity contribution >= 4 is 56.8 Å². The molecule has 1 atom stereocenters.